The highest BCUT2D eigenvalue weighted by Crippen LogP contribution is 2.39. The molecule has 0 heterocycles. The molecule has 0 saturated carbocycles. The summed E-state index contributed by atoms with van der Waals surface area (Å²) < 4.78 is 5.67. The highest BCUT2D eigenvalue weighted by molar-refractivity contribution is 5.68. The molecular weight excluding hydrogens is 234 g/mol. The molecule has 2 nitrogen and oxygen atoms in total. The minimum absolute atomic E-state index is 0.172. The second kappa shape index (κ2) is 5.38. The van der Waals surface area contributed by atoms with Crippen LogP contribution in [0.15, 0.2) is 30.3 Å². The molecule has 0 fully saturated rings. The fraction of sp³-hybridized carbons (Fsp3) is 0.529. The summed E-state index contributed by atoms with van der Waals surface area (Å²) in [6, 6.07) is 8.53. The molecule has 2 N–H and O–H groups in total. The van der Waals surface area contributed by atoms with Crippen molar-refractivity contribution in [3.63, 3.8) is 0 Å². The second-order valence-corrected chi connectivity index (χ2v) is 6.59. The lowest BCUT2D eigenvalue weighted by Crippen LogP contribution is -2.30. The Balaban J connectivity index is 2.18. The molecule has 104 valence electrons. The van der Waals surface area contributed by atoms with E-state index in [9.17, 15) is 0 Å². The number of ether oxygens (including phenoxy) is 1. The molecule has 2 rings (SSSR count). The van der Waals surface area contributed by atoms with Gasteiger partial charge in [-0.25, -0.2) is 0 Å². The van der Waals surface area contributed by atoms with E-state index in [1.807, 2.05) is 26.0 Å². The van der Waals surface area contributed by atoms with Crippen molar-refractivity contribution in [1.29, 1.82) is 0 Å². The highest BCUT2D eigenvalue weighted by Gasteiger charge is 2.27. The van der Waals surface area contributed by atoms with E-state index >= 15 is 0 Å². The smallest absolute Gasteiger partial charge is 0.119 e. The van der Waals surface area contributed by atoms with Crippen LogP contribution < -0.4 is 10.5 Å². The fourth-order valence-electron chi connectivity index (χ4n) is 2.82. The van der Waals surface area contributed by atoms with Gasteiger partial charge < -0.3 is 10.5 Å². The quantitative estimate of drug-likeness (QED) is 0.890. The normalized spacial score (nSPS) is 22.2. The van der Waals surface area contributed by atoms with Crippen molar-refractivity contribution in [3.05, 3.63) is 35.9 Å². The standard InChI is InChI=1S/C17H25NO/c1-12(2)19-16-7-5-13(6-8-16)14-9-15(18)11-17(3,4)10-14/h5-9,12,15H,10-11,18H2,1-4H3. The lowest BCUT2D eigenvalue weighted by atomic mass is 9.74. The van der Waals surface area contributed by atoms with E-state index in [-0.39, 0.29) is 17.6 Å². The Morgan fingerprint density at radius 3 is 2.37 bits per heavy atom. The Hall–Kier alpha value is -1.28. The van der Waals surface area contributed by atoms with Crippen molar-refractivity contribution in [3.8, 4) is 5.75 Å². The predicted octanol–water partition coefficient (Wildman–Crippen LogP) is 4.00. The van der Waals surface area contributed by atoms with Crippen molar-refractivity contribution in [2.24, 2.45) is 11.1 Å². The second-order valence-electron chi connectivity index (χ2n) is 6.59. The van der Waals surface area contributed by atoms with Crippen LogP contribution in [-0.2, 0) is 0 Å². The van der Waals surface area contributed by atoms with Gasteiger partial charge in [-0.3, -0.25) is 0 Å². The van der Waals surface area contributed by atoms with Crippen molar-refractivity contribution in [2.75, 3.05) is 0 Å². The van der Waals surface area contributed by atoms with Gasteiger partial charge >= 0.3 is 0 Å². The molecule has 0 saturated heterocycles. The van der Waals surface area contributed by atoms with Crippen LogP contribution in [0.2, 0.25) is 0 Å². The van der Waals surface area contributed by atoms with Gasteiger partial charge in [0.05, 0.1) is 6.10 Å². The van der Waals surface area contributed by atoms with Crippen LogP contribution in [0.3, 0.4) is 0 Å². The molecule has 0 bridgehead atoms. The summed E-state index contributed by atoms with van der Waals surface area (Å²) in [4.78, 5) is 0. The van der Waals surface area contributed by atoms with Crippen LogP contribution >= 0.6 is 0 Å². The van der Waals surface area contributed by atoms with Crippen LogP contribution in [0.1, 0.15) is 46.1 Å². The predicted molar refractivity (Wildman–Crippen MR) is 81.2 cm³/mol. The zero-order valence-electron chi connectivity index (χ0n) is 12.4. The Labute approximate surface area is 116 Å². The summed E-state index contributed by atoms with van der Waals surface area (Å²) in [5.41, 5.74) is 9.05. The van der Waals surface area contributed by atoms with Gasteiger partial charge in [-0.2, -0.15) is 0 Å². The molecule has 2 heteroatoms. The minimum atomic E-state index is 0.172. The highest BCUT2D eigenvalue weighted by atomic mass is 16.5. The Bertz CT molecular complexity index is 457. The first-order valence-corrected chi connectivity index (χ1v) is 7.09. The van der Waals surface area contributed by atoms with Gasteiger partial charge in [-0.15, -0.1) is 0 Å². The lowest BCUT2D eigenvalue weighted by Gasteiger charge is -2.33. The molecule has 1 aromatic rings. The van der Waals surface area contributed by atoms with Crippen molar-refractivity contribution < 1.29 is 4.74 Å². The zero-order valence-corrected chi connectivity index (χ0v) is 12.4. The number of allylic oxidation sites excluding steroid dienone is 1. The van der Waals surface area contributed by atoms with Gasteiger partial charge in [-0.1, -0.05) is 32.1 Å². The molecule has 1 unspecified atom stereocenters. The molecule has 19 heavy (non-hydrogen) atoms. The van der Waals surface area contributed by atoms with Crippen molar-refractivity contribution >= 4 is 5.57 Å². The largest absolute Gasteiger partial charge is 0.491 e. The Morgan fingerprint density at radius 2 is 1.84 bits per heavy atom. The monoisotopic (exact) mass is 259 g/mol. The number of rotatable bonds is 3. The number of hydrogen-bond donors (Lipinski definition) is 1. The number of hydrogen-bond acceptors (Lipinski definition) is 2. The third-order valence-corrected chi connectivity index (χ3v) is 3.47. The molecule has 0 amide bonds. The van der Waals surface area contributed by atoms with Gasteiger partial charge in [0.2, 0.25) is 0 Å². The fourth-order valence-corrected chi connectivity index (χ4v) is 2.82. The zero-order chi connectivity index (χ0) is 14.0. The summed E-state index contributed by atoms with van der Waals surface area (Å²) in [6.45, 7) is 8.66. The first-order chi connectivity index (χ1) is 8.85. The molecule has 0 radical (unpaired) electrons. The van der Waals surface area contributed by atoms with E-state index < -0.39 is 0 Å². The van der Waals surface area contributed by atoms with E-state index in [1.54, 1.807) is 0 Å². The molecular formula is C17H25NO. The van der Waals surface area contributed by atoms with Gasteiger partial charge in [0, 0.05) is 6.04 Å². The summed E-state index contributed by atoms with van der Waals surface area (Å²) >= 11 is 0. The van der Waals surface area contributed by atoms with Crippen LogP contribution in [0.4, 0.5) is 0 Å². The summed E-state index contributed by atoms with van der Waals surface area (Å²) in [5, 5.41) is 0. The van der Waals surface area contributed by atoms with E-state index in [0.29, 0.717) is 0 Å². The van der Waals surface area contributed by atoms with E-state index in [1.165, 1.54) is 11.1 Å². The molecule has 0 aliphatic heterocycles. The van der Waals surface area contributed by atoms with Crippen molar-refractivity contribution in [2.45, 2.75) is 52.7 Å². The molecule has 1 aliphatic carbocycles. The van der Waals surface area contributed by atoms with Crippen LogP contribution in [0, 0.1) is 5.41 Å². The number of benzene rings is 1. The SMILES string of the molecule is CC(C)Oc1ccc(C2=CC(N)CC(C)(C)C2)cc1. The lowest BCUT2D eigenvalue weighted by molar-refractivity contribution is 0.242. The first-order valence-electron chi connectivity index (χ1n) is 7.09. The maximum absolute atomic E-state index is 6.13. The topological polar surface area (TPSA) is 35.2 Å². The first kappa shape index (κ1) is 14.1. The molecule has 1 atom stereocenters. The molecule has 0 aromatic heterocycles. The summed E-state index contributed by atoms with van der Waals surface area (Å²) in [6.07, 6.45) is 4.58. The van der Waals surface area contributed by atoms with E-state index in [0.717, 1.165) is 18.6 Å². The van der Waals surface area contributed by atoms with E-state index in [2.05, 4.69) is 32.1 Å². The van der Waals surface area contributed by atoms with Crippen LogP contribution in [0.25, 0.3) is 5.57 Å². The Kier molecular flexibility index (Phi) is 4.00. The van der Waals surface area contributed by atoms with Crippen LogP contribution in [0.5, 0.6) is 5.75 Å². The molecule has 1 aromatic carbocycles. The molecule has 0 spiro atoms. The maximum atomic E-state index is 6.13. The summed E-state index contributed by atoms with van der Waals surface area (Å²) in [5.74, 6) is 0.929. The maximum Gasteiger partial charge on any atom is 0.119 e. The van der Waals surface area contributed by atoms with Crippen LogP contribution in [-0.4, -0.2) is 12.1 Å². The van der Waals surface area contributed by atoms with Gasteiger partial charge in [0.15, 0.2) is 0 Å². The third-order valence-electron chi connectivity index (χ3n) is 3.47. The Morgan fingerprint density at radius 1 is 1.21 bits per heavy atom. The number of nitrogens with two attached hydrogens (primary N) is 1. The molecule has 1 aliphatic rings. The minimum Gasteiger partial charge on any atom is -0.491 e. The van der Waals surface area contributed by atoms with E-state index in [4.69, 9.17) is 10.5 Å². The van der Waals surface area contributed by atoms with Gasteiger partial charge in [-0.05, 0) is 55.4 Å². The van der Waals surface area contributed by atoms with Gasteiger partial charge in [0.25, 0.3) is 0 Å². The van der Waals surface area contributed by atoms with Crippen molar-refractivity contribution in [1.82, 2.24) is 0 Å². The summed E-state index contributed by atoms with van der Waals surface area (Å²) in [7, 11) is 0. The van der Waals surface area contributed by atoms with Gasteiger partial charge in [0.1, 0.15) is 5.75 Å². The average Bonchev–Trinajstić information content (AvgIpc) is 2.26. The average molecular weight is 259 g/mol. The third kappa shape index (κ3) is 3.84.